The number of carbonyl (C=O) groups is 2. The number of rotatable bonds is 12. The van der Waals surface area contributed by atoms with Gasteiger partial charge in [0.05, 0.1) is 26.2 Å². The van der Waals surface area contributed by atoms with Gasteiger partial charge in [-0.15, -0.1) is 10.2 Å². The van der Waals surface area contributed by atoms with E-state index in [4.69, 9.17) is 37.6 Å². The third-order valence-corrected chi connectivity index (χ3v) is 10.7. The number of benzene rings is 4. The van der Waals surface area contributed by atoms with Crippen molar-refractivity contribution >= 4 is 34.6 Å². The number of nitrogens with zero attached hydrogens (tertiary/aromatic N) is 11. The Balaban J connectivity index is 0.000000348. The van der Waals surface area contributed by atoms with Crippen LogP contribution >= 0.6 is 0 Å². The van der Waals surface area contributed by atoms with Crippen molar-refractivity contribution in [3.8, 4) is 47.0 Å². The maximum absolute atomic E-state index is 12.6. The molecule has 372 valence electrons. The van der Waals surface area contributed by atoms with Crippen LogP contribution in [0.15, 0.2) is 97.1 Å². The standard InChI is InChI=1S/C32H22N10O6.C16H36N.ClHO4/c1-19(43)41-21-3-11-25(12-4-21)45-29-33-37-31(38-34-29)47-27-15-7-23(8-16-27)42(20(2)44)24-9-17-28(18-10-24)48-32-39-35-30(36-40-32)46-26-13-5-22(41)6-14-26;1-5-9-13-17(14-10-6-2,15-11-7-3)16-12-8-4;2-1(3,4)5/h3-18H,1-2H3;5-16H2,1-4H3;(H,2,3,4,5)/q;+1;/p-1. The second-order valence-electron chi connectivity index (χ2n) is 16.1. The monoisotopic (exact) mass is 983 g/mol. The highest BCUT2D eigenvalue weighted by molar-refractivity contribution is 5.99. The van der Waals surface area contributed by atoms with Crippen molar-refractivity contribution in [1.29, 1.82) is 0 Å². The van der Waals surface area contributed by atoms with Crippen LogP contribution in [0.5, 0.6) is 47.0 Å². The molecule has 70 heavy (non-hydrogen) atoms. The fourth-order valence-electron chi connectivity index (χ4n) is 7.33. The van der Waals surface area contributed by atoms with E-state index in [2.05, 4.69) is 68.5 Å². The van der Waals surface area contributed by atoms with Crippen molar-refractivity contribution in [2.24, 2.45) is 0 Å². The van der Waals surface area contributed by atoms with Crippen molar-refractivity contribution in [2.45, 2.75) is 92.9 Å². The van der Waals surface area contributed by atoms with Gasteiger partial charge in [-0.2, -0.15) is 0 Å². The largest absolute Gasteiger partial charge is 0.422 e. The molecule has 12 heterocycles. The van der Waals surface area contributed by atoms with Crippen LogP contribution in [0.3, 0.4) is 0 Å². The molecule has 0 spiro atoms. The van der Waals surface area contributed by atoms with Gasteiger partial charge in [0.1, 0.15) is 23.0 Å². The van der Waals surface area contributed by atoms with Crippen molar-refractivity contribution in [3.63, 3.8) is 0 Å². The topological polar surface area (TPSA) is 273 Å². The maximum atomic E-state index is 12.6. The molecule has 12 bridgehead atoms. The number of halogens is 1. The van der Waals surface area contributed by atoms with E-state index in [0.29, 0.717) is 45.7 Å². The summed E-state index contributed by atoms with van der Waals surface area (Å²) >= 11 is 0. The number of hydrogen-bond donors (Lipinski definition) is 0. The summed E-state index contributed by atoms with van der Waals surface area (Å²) in [7, 11) is -4.94. The number of quaternary nitrogens is 1. The van der Waals surface area contributed by atoms with Crippen molar-refractivity contribution < 1.29 is 61.9 Å². The molecule has 0 radical (unpaired) electrons. The van der Waals surface area contributed by atoms with Crippen LogP contribution < -0.4 is 47.4 Å². The van der Waals surface area contributed by atoms with Gasteiger partial charge in [-0.1, -0.05) is 94.2 Å². The SMILES string of the molecule is CC(=O)N1c2ccc(cc2)Oc2nnc(nn2)Oc2ccc(cc2)N(C(C)=O)c2ccc(cc2)Oc2nnc(nn2)Oc2ccc1cc2.CCCC[N+](CCCC)(CCCC)CCCC.[O-][Cl+3]([O-])([O-])[O-]. The molecule has 4 aromatic carbocycles. The first-order valence-corrected chi connectivity index (χ1v) is 24.2. The Morgan fingerprint density at radius 3 is 0.757 bits per heavy atom. The summed E-state index contributed by atoms with van der Waals surface area (Å²) in [6.07, 6.45) is 11.1. The first-order chi connectivity index (χ1) is 33.6. The average molecular weight is 985 g/mol. The number of carbonyl (C=O) groups excluding carboxylic acids is 2. The van der Waals surface area contributed by atoms with E-state index in [1.165, 1.54) is 106 Å². The molecule has 2 amide bonds. The van der Waals surface area contributed by atoms with E-state index in [1.54, 1.807) is 97.1 Å². The minimum absolute atomic E-state index is 0.110. The lowest BCUT2D eigenvalue weighted by atomic mass is 10.1. The lowest BCUT2D eigenvalue weighted by molar-refractivity contribution is -2.00. The van der Waals surface area contributed by atoms with Crippen LogP contribution in [0, 0.1) is 10.2 Å². The molecule has 6 aromatic rings. The molecule has 22 heteroatoms. The normalized spacial score (nSPS) is 12.2. The van der Waals surface area contributed by atoms with E-state index in [9.17, 15) is 9.59 Å². The van der Waals surface area contributed by atoms with E-state index >= 15 is 0 Å². The zero-order valence-corrected chi connectivity index (χ0v) is 40.9. The van der Waals surface area contributed by atoms with Gasteiger partial charge in [0.25, 0.3) is 0 Å². The molecule has 10 aliphatic rings. The van der Waals surface area contributed by atoms with Gasteiger partial charge in [0, 0.05) is 36.6 Å². The number of anilines is 4. The number of unbranched alkanes of at least 4 members (excludes halogenated alkanes) is 4. The Morgan fingerprint density at radius 1 is 0.414 bits per heavy atom. The molecule has 0 fully saturated rings. The third kappa shape index (κ3) is 17.2. The molecule has 21 nitrogen and oxygen atoms in total. The summed E-state index contributed by atoms with van der Waals surface area (Å²) in [4.78, 5) is 28.3. The quantitative estimate of drug-likeness (QED) is 0.128. The Bertz CT molecular complexity index is 2170. The van der Waals surface area contributed by atoms with Gasteiger partial charge in [0.15, 0.2) is 0 Å². The molecule has 0 aliphatic carbocycles. The van der Waals surface area contributed by atoms with Gasteiger partial charge >= 0.3 is 24.0 Å². The molecular formula is C48H58ClN11O10. The Morgan fingerprint density at radius 2 is 0.600 bits per heavy atom. The van der Waals surface area contributed by atoms with Gasteiger partial charge in [-0.05, 0) is 123 Å². The van der Waals surface area contributed by atoms with E-state index < -0.39 is 10.2 Å². The summed E-state index contributed by atoms with van der Waals surface area (Å²) in [5.74, 6) is 1.12. The summed E-state index contributed by atoms with van der Waals surface area (Å²) in [5, 5.41) is 31.5. The van der Waals surface area contributed by atoms with E-state index in [1.807, 2.05) is 0 Å². The van der Waals surface area contributed by atoms with Gasteiger partial charge in [0.2, 0.25) is 11.8 Å². The summed E-state index contributed by atoms with van der Waals surface area (Å²) in [5.41, 5.74) is 2.35. The molecule has 16 rings (SSSR count). The molecule has 0 saturated carbocycles. The lowest BCUT2D eigenvalue weighted by Gasteiger charge is -2.39. The van der Waals surface area contributed by atoms with Gasteiger partial charge in [-0.3, -0.25) is 19.4 Å². The molecule has 0 saturated heterocycles. The number of aromatic nitrogens is 8. The number of amides is 2. The van der Waals surface area contributed by atoms with Crippen molar-refractivity contribution in [2.75, 3.05) is 36.0 Å². The first kappa shape index (κ1) is 53.9. The van der Waals surface area contributed by atoms with Crippen molar-refractivity contribution in [3.05, 3.63) is 97.1 Å². The van der Waals surface area contributed by atoms with Crippen LogP contribution in [-0.4, -0.2) is 83.3 Å². The number of ether oxygens (including phenoxy) is 4. The molecule has 10 aliphatic heterocycles. The lowest BCUT2D eigenvalue weighted by Crippen LogP contribution is -2.68. The predicted octanol–water partition coefficient (Wildman–Crippen LogP) is 5.95. The minimum atomic E-state index is -4.94. The smallest absolute Gasteiger partial charge is 0.360 e. The molecular weight excluding hydrogens is 926 g/mol. The fraction of sp³-hybridized carbons (Fsp3) is 0.375. The van der Waals surface area contributed by atoms with Crippen LogP contribution in [0.25, 0.3) is 0 Å². The van der Waals surface area contributed by atoms with E-state index in [0.717, 1.165) is 0 Å². The minimum Gasteiger partial charge on any atom is -0.422 e. The fourth-order valence-corrected chi connectivity index (χ4v) is 7.33. The Kier molecular flexibility index (Phi) is 20.5. The highest BCUT2D eigenvalue weighted by Gasteiger charge is 2.25. The van der Waals surface area contributed by atoms with Crippen molar-refractivity contribution in [1.82, 2.24) is 40.8 Å². The Hall–Kier alpha value is -7.01. The highest BCUT2D eigenvalue weighted by atomic mass is 35.7. The second-order valence-corrected chi connectivity index (χ2v) is 16.8. The summed E-state index contributed by atoms with van der Waals surface area (Å²) in [6, 6.07) is 26.4. The maximum Gasteiger partial charge on any atom is 0.360 e. The van der Waals surface area contributed by atoms with Crippen LogP contribution in [-0.2, 0) is 9.59 Å². The second kappa shape index (κ2) is 26.7. The number of hydrogen-bond acceptors (Lipinski definition) is 18. The predicted molar refractivity (Wildman–Crippen MR) is 246 cm³/mol. The summed E-state index contributed by atoms with van der Waals surface area (Å²) < 4.78 is 58.1. The highest BCUT2D eigenvalue weighted by Crippen LogP contribution is 2.33. The van der Waals surface area contributed by atoms with Gasteiger partial charge in [-0.25, -0.2) is 18.6 Å². The van der Waals surface area contributed by atoms with Crippen LogP contribution in [0.1, 0.15) is 92.9 Å². The first-order valence-electron chi connectivity index (χ1n) is 23.0. The van der Waals surface area contributed by atoms with Crippen LogP contribution in [0.2, 0.25) is 0 Å². The zero-order chi connectivity index (χ0) is 50.5. The molecule has 0 N–H and O–H groups in total. The zero-order valence-electron chi connectivity index (χ0n) is 40.1. The molecule has 2 aromatic heterocycles. The van der Waals surface area contributed by atoms with E-state index in [-0.39, 0.29) is 35.9 Å². The average Bonchev–Trinajstić information content (AvgIpc) is 3.34. The third-order valence-electron chi connectivity index (χ3n) is 10.7. The molecule has 0 atom stereocenters. The van der Waals surface area contributed by atoms with Crippen LogP contribution in [0.4, 0.5) is 22.7 Å². The summed E-state index contributed by atoms with van der Waals surface area (Å²) in [6.45, 7) is 17.9. The molecule has 0 unspecified atom stereocenters. The Labute approximate surface area is 409 Å². The van der Waals surface area contributed by atoms with Gasteiger partial charge < -0.3 is 23.4 Å².